The first kappa shape index (κ1) is 22.1. The lowest BCUT2D eigenvalue weighted by Crippen LogP contribution is -2.39. The quantitative estimate of drug-likeness (QED) is 0.259. The smallest absolute Gasteiger partial charge is 0.233 e. The lowest BCUT2D eigenvalue weighted by atomic mass is 9.59. The molecule has 0 saturated carbocycles. The van der Waals surface area contributed by atoms with Gasteiger partial charge in [0.05, 0.1) is 22.5 Å². The second-order valence-electron chi connectivity index (χ2n) is 9.02. The third-order valence-electron chi connectivity index (χ3n) is 7.39. The van der Waals surface area contributed by atoms with Gasteiger partial charge in [0.2, 0.25) is 11.8 Å². The highest BCUT2D eigenvalue weighted by Gasteiger charge is 2.55. The van der Waals surface area contributed by atoms with Gasteiger partial charge in [0.1, 0.15) is 0 Å². The number of phenols is 1. The Morgan fingerprint density at radius 2 is 1.85 bits per heavy atom. The van der Waals surface area contributed by atoms with Gasteiger partial charge in [-0.3, -0.25) is 24.1 Å². The van der Waals surface area contributed by atoms with Crippen molar-refractivity contribution >= 4 is 46.0 Å². The van der Waals surface area contributed by atoms with Crippen LogP contribution in [0.15, 0.2) is 46.6 Å². The number of methoxy groups -OCH3 is 1. The predicted molar refractivity (Wildman–Crippen MR) is 126 cm³/mol. The molecule has 1 N–H and O–H groups in total. The minimum atomic E-state index is -0.558. The van der Waals surface area contributed by atoms with Gasteiger partial charge in [-0.1, -0.05) is 11.6 Å². The van der Waals surface area contributed by atoms with E-state index in [0.29, 0.717) is 32.3 Å². The van der Waals surface area contributed by atoms with Crippen LogP contribution in [0.2, 0.25) is 0 Å². The molecule has 8 heteroatoms. The lowest BCUT2D eigenvalue weighted by Gasteiger charge is -2.42. The Hall–Kier alpha value is -2.75. The Morgan fingerprint density at radius 1 is 1.12 bits per heavy atom. The van der Waals surface area contributed by atoms with Crippen molar-refractivity contribution in [2.75, 3.05) is 14.2 Å². The number of carbonyl (C=O) groups is 4. The van der Waals surface area contributed by atoms with E-state index < -0.39 is 17.8 Å². The Labute approximate surface area is 204 Å². The zero-order valence-corrected chi connectivity index (χ0v) is 20.5. The maximum absolute atomic E-state index is 13.2. The lowest BCUT2D eigenvalue weighted by molar-refractivity contribution is -0.138. The van der Waals surface area contributed by atoms with Crippen LogP contribution in [0.3, 0.4) is 0 Å². The monoisotopic (exact) mass is 559 g/mol. The number of aromatic hydroxyl groups is 1. The molecule has 3 aliphatic carbocycles. The molecule has 4 aliphatic rings. The molecule has 1 heterocycles. The summed E-state index contributed by atoms with van der Waals surface area (Å²) in [5, 5.41) is 10.4. The molecule has 0 unspecified atom stereocenters. The topological polar surface area (TPSA) is 101 Å². The predicted octanol–water partition coefficient (Wildman–Crippen LogP) is 3.06. The Kier molecular flexibility index (Phi) is 5.11. The Balaban J connectivity index is 1.74. The number of carbonyl (C=O) groups excluding carboxylic acids is 4. The van der Waals surface area contributed by atoms with Crippen LogP contribution in [0.1, 0.15) is 31.2 Å². The SMILES string of the molecule is COc1cc([C@H]2C3=CC[C@@H]4C(=O)N(C)C(=O)[C@@H]4[C@@H]3CC3=C2C(=O)C=C(C)C3=O)cc(I)c1O. The van der Waals surface area contributed by atoms with Crippen LogP contribution in [0, 0.1) is 21.3 Å². The van der Waals surface area contributed by atoms with Crippen molar-refractivity contribution in [3.63, 3.8) is 0 Å². The molecule has 2 amide bonds. The van der Waals surface area contributed by atoms with E-state index in [0.717, 1.165) is 5.57 Å². The minimum absolute atomic E-state index is 0.001000. The van der Waals surface area contributed by atoms with Crippen molar-refractivity contribution in [2.45, 2.75) is 25.7 Å². The summed E-state index contributed by atoms with van der Waals surface area (Å²) in [6.45, 7) is 1.62. The number of hydrogen-bond acceptors (Lipinski definition) is 6. The van der Waals surface area contributed by atoms with E-state index in [-0.39, 0.29) is 47.2 Å². The van der Waals surface area contributed by atoms with E-state index >= 15 is 0 Å². The first-order chi connectivity index (χ1) is 15.6. The van der Waals surface area contributed by atoms with E-state index in [9.17, 15) is 24.3 Å². The Morgan fingerprint density at radius 3 is 2.55 bits per heavy atom. The van der Waals surface area contributed by atoms with Crippen molar-refractivity contribution in [3.8, 4) is 11.5 Å². The van der Waals surface area contributed by atoms with E-state index in [2.05, 4.69) is 0 Å². The molecule has 0 radical (unpaired) electrons. The van der Waals surface area contributed by atoms with Crippen LogP contribution in [0.5, 0.6) is 11.5 Å². The summed E-state index contributed by atoms with van der Waals surface area (Å²) in [5.74, 6) is -2.48. The number of nitrogens with zero attached hydrogens (tertiary/aromatic N) is 1. The van der Waals surface area contributed by atoms with Gasteiger partial charge >= 0.3 is 0 Å². The number of phenolic OH excluding ortho intramolecular Hbond substituents is 1. The number of likely N-dealkylation sites (tertiary alicyclic amines) is 1. The standard InChI is InChI=1S/C25H22INO6/c1-10-6-17(28)21-15(22(10)29)9-14-12(4-5-13-20(14)25(32)27(2)24(13)31)19(21)11-7-16(26)23(30)18(8-11)33-3/h4,6-8,13-14,19-20,30H,5,9H2,1-3H3/t13-,14+,19-,20-/m0/s1. The van der Waals surface area contributed by atoms with Crippen molar-refractivity contribution in [3.05, 3.63) is 55.7 Å². The fourth-order valence-corrected chi connectivity index (χ4v) is 6.46. The molecule has 1 aliphatic heterocycles. The molecular weight excluding hydrogens is 537 g/mol. The van der Waals surface area contributed by atoms with Gasteiger partial charge in [0, 0.05) is 29.7 Å². The average molecular weight is 559 g/mol. The highest BCUT2D eigenvalue weighted by Crippen LogP contribution is 2.55. The number of halogens is 1. The molecular formula is C25H22INO6. The second kappa shape index (κ2) is 7.65. The van der Waals surface area contributed by atoms with E-state index in [1.54, 1.807) is 19.1 Å². The van der Waals surface area contributed by atoms with Gasteiger partial charge in [-0.15, -0.1) is 0 Å². The van der Waals surface area contributed by atoms with Gasteiger partial charge < -0.3 is 9.84 Å². The largest absolute Gasteiger partial charge is 0.504 e. The zero-order chi connectivity index (χ0) is 23.8. The molecule has 0 spiro atoms. The number of ketones is 2. The van der Waals surface area contributed by atoms with Crippen molar-refractivity contribution < 1.29 is 29.0 Å². The van der Waals surface area contributed by atoms with Crippen LogP contribution in [-0.4, -0.2) is 47.5 Å². The molecule has 33 heavy (non-hydrogen) atoms. The summed E-state index contributed by atoms with van der Waals surface area (Å²) in [5.41, 5.74) is 2.80. The number of ether oxygens (including phenoxy) is 1. The van der Waals surface area contributed by atoms with E-state index in [4.69, 9.17) is 4.74 Å². The van der Waals surface area contributed by atoms with E-state index in [1.165, 1.54) is 25.1 Å². The summed E-state index contributed by atoms with van der Waals surface area (Å²) >= 11 is 2.00. The normalized spacial score (nSPS) is 28.9. The van der Waals surface area contributed by atoms with E-state index in [1.807, 2.05) is 28.7 Å². The maximum atomic E-state index is 13.2. The molecule has 1 saturated heterocycles. The first-order valence-electron chi connectivity index (χ1n) is 10.7. The number of Topliss-reactive ketones (excluding diaryl/α,β-unsaturated/α-hetero) is 1. The van der Waals surface area contributed by atoms with Crippen LogP contribution in [-0.2, 0) is 19.2 Å². The van der Waals surface area contributed by atoms with Crippen molar-refractivity contribution in [1.82, 2.24) is 4.90 Å². The molecule has 0 aromatic heterocycles. The Bertz CT molecular complexity index is 1260. The molecule has 1 aromatic carbocycles. The van der Waals surface area contributed by atoms with Gasteiger partial charge in [-0.05, 0) is 72.0 Å². The summed E-state index contributed by atoms with van der Waals surface area (Å²) in [4.78, 5) is 53.3. The second-order valence-corrected chi connectivity index (χ2v) is 10.2. The first-order valence-corrected chi connectivity index (χ1v) is 11.8. The number of benzene rings is 1. The maximum Gasteiger partial charge on any atom is 0.233 e. The minimum Gasteiger partial charge on any atom is -0.504 e. The highest BCUT2D eigenvalue weighted by atomic mass is 127. The summed E-state index contributed by atoms with van der Waals surface area (Å²) in [6, 6.07) is 3.46. The third-order valence-corrected chi connectivity index (χ3v) is 8.21. The molecule has 4 atom stereocenters. The number of hydrogen-bond donors (Lipinski definition) is 1. The fraction of sp³-hybridized carbons (Fsp3) is 0.360. The van der Waals surface area contributed by atoms with Crippen LogP contribution in [0.25, 0.3) is 0 Å². The molecule has 1 aromatic rings. The fourth-order valence-electron chi connectivity index (χ4n) is 5.83. The van der Waals surface area contributed by atoms with Crippen LogP contribution >= 0.6 is 22.6 Å². The average Bonchev–Trinajstić information content (AvgIpc) is 3.02. The molecule has 7 nitrogen and oxygen atoms in total. The van der Waals surface area contributed by atoms with Crippen LogP contribution in [0.4, 0.5) is 0 Å². The number of allylic oxidation sites excluding steroid dienone is 6. The highest BCUT2D eigenvalue weighted by molar-refractivity contribution is 14.1. The third kappa shape index (κ3) is 3.06. The molecule has 5 rings (SSSR count). The summed E-state index contributed by atoms with van der Waals surface area (Å²) < 4.78 is 5.90. The number of fused-ring (bicyclic) bond motifs is 3. The van der Waals surface area contributed by atoms with Gasteiger partial charge in [-0.25, -0.2) is 0 Å². The summed E-state index contributed by atoms with van der Waals surface area (Å²) in [6.07, 6.45) is 4.02. The number of rotatable bonds is 2. The van der Waals surface area contributed by atoms with Gasteiger partial charge in [0.25, 0.3) is 0 Å². The van der Waals surface area contributed by atoms with Crippen molar-refractivity contribution in [2.24, 2.45) is 17.8 Å². The van der Waals surface area contributed by atoms with Gasteiger partial charge in [-0.2, -0.15) is 0 Å². The van der Waals surface area contributed by atoms with Gasteiger partial charge in [0.15, 0.2) is 23.1 Å². The molecule has 0 bridgehead atoms. The molecule has 170 valence electrons. The number of amides is 2. The molecule has 1 fully saturated rings. The number of imide groups is 1. The summed E-state index contributed by atoms with van der Waals surface area (Å²) in [7, 11) is 2.96. The zero-order valence-electron chi connectivity index (χ0n) is 18.3. The van der Waals surface area contributed by atoms with Crippen LogP contribution < -0.4 is 4.74 Å². The van der Waals surface area contributed by atoms with Crippen molar-refractivity contribution in [1.29, 1.82) is 0 Å².